The number of amides is 1. The van der Waals surface area contributed by atoms with Crippen LogP contribution >= 0.6 is 22.6 Å². The maximum absolute atomic E-state index is 12.1. The van der Waals surface area contributed by atoms with Gasteiger partial charge < -0.3 is 10.2 Å². The summed E-state index contributed by atoms with van der Waals surface area (Å²) < 4.78 is 0.918. The normalized spacial score (nSPS) is 10.7. The summed E-state index contributed by atoms with van der Waals surface area (Å²) in [5.74, 6) is 0.398. The number of carbonyl (C=O) groups is 1. The van der Waals surface area contributed by atoms with Gasteiger partial charge in [-0.15, -0.1) is 0 Å². The van der Waals surface area contributed by atoms with E-state index in [-0.39, 0.29) is 5.91 Å². The predicted molar refractivity (Wildman–Crippen MR) is 83.1 cm³/mol. The van der Waals surface area contributed by atoms with Crippen molar-refractivity contribution in [3.8, 4) is 0 Å². The highest BCUT2D eigenvalue weighted by Crippen LogP contribution is 2.14. The van der Waals surface area contributed by atoms with Gasteiger partial charge in [-0.3, -0.25) is 9.89 Å². The monoisotopic (exact) mass is 370 g/mol. The molecule has 100 valence electrons. The summed E-state index contributed by atoms with van der Waals surface area (Å²) in [5.41, 5.74) is 1.61. The summed E-state index contributed by atoms with van der Waals surface area (Å²) >= 11 is 2.14. The van der Waals surface area contributed by atoms with Gasteiger partial charge in [0.2, 0.25) is 0 Å². The van der Waals surface area contributed by atoms with Gasteiger partial charge in [-0.05, 0) is 48.8 Å². The zero-order chi connectivity index (χ0) is 13.8. The Morgan fingerprint density at radius 3 is 2.84 bits per heavy atom. The number of halogens is 1. The molecule has 0 unspecified atom stereocenters. The average molecular weight is 370 g/mol. The van der Waals surface area contributed by atoms with Crippen LogP contribution in [0.25, 0.3) is 0 Å². The second kappa shape index (κ2) is 6.16. The van der Waals surface area contributed by atoms with Crippen molar-refractivity contribution in [3.05, 3.63) is 45.2 Å². The number of aromatic nitrogens is 2. The molecule has 0 saturated carbocycles. The van der Waals surface area contributed by atoms with Gasteiger partial charge in [-0.2, -0.15) is 5.10 Å². The minimum atomic E-state index is -0.145. The van der Waals surface area contributed by atoms with E-state index in [0.29, 0.717) is 11.4 Å². The Hall–Kier alpha value is -1.41. The molecule has 0 radical (unpaired) electrons. The van der Waals surface area contributed by atoms with Crippen molar-refractivity contribution in [2.24, 2.45) is 0 Å². The third kappa shape index (κ3) is 3.77. The second-order valence-corrected chi connectivity index (χ2v) is 5.61. The van der Waals surface area contributed by atoms with Crippen molar-refractivity contribution >= 4 is 34.3 Å². The van der Waals surface area contributed by atoms with Gasteiger partial charge in [-0.1, -0.05) is 12.1 Å². The third-order valence-corrected chi connectivity index (χ3v) is 3.42. The van der Waals surface area contributed by atoms with Crippen LogP contribution in [0.1, 0.15) is 16.1 Å². The van der Waals surface area contributed by atoms with Crippen molar-refractivity contribution in [1.82, 2.24) is 15.1 Å². The van der Waals surface area contributed by atoms with Gasteiger partial charge in [0.15, 0.2) is 5.82 Å². The summed E-state index contributed by atoms with van der Waals surface area (Å²) in [7, 11) is 3.96. The van der Waals surface area contributed by atoms with Gasteiger partial charge in [0.05, 0.1) is 11.3 Å². The number of aromatic amines is 1. The largest absolute Gasteiger partial charge is 0.305 e. The summed E-state index contributed by atoms with van der Waals surface area (Å²) in [6.07, 6.45) is 0. The van der Waals surface area contributed by atoms with Crippen LogP contribution in [0.2, 0.25) is 0 Å². The zero-order valence-electron chi connectivity index (χ0n) is 10.8. The molecule has 0 aliphatic carbocycles. The van der Waals surface area contributed by atoms with Gasteiger partial charge in [0, 0.05) is 16.2 Å². The number of hydrogen-bond donors (Lipinski definition) is 2. The third-order valence-electron chi connectivity index (χ3n) is 2.48. The number of carbonyl (C=O) groups excluding carboxylic acids is 1. The Bertz CT molecular complexity index is 580. The molecule has 1 heterocycles. The van der Waals surface area contributed by atoms with E-state index in [4.69, 9.17) is 0 Å². The fourth-order valence-electron chi connectivity index (χ4n) is 1.68. The van der Waals surface area contributed by atoms with Crippen LogP contribution in [-0.2, 0) is 6.54 Å². The second-order valence-electron chi connectivity index (χ2n) is 4.45. The molecule has 1 amide bonds. The number of benzene rings is 1. The fraction of sp³-hybridized carbons (Fsp3) is 0.231. The Balaban J connectivity index is 2.07. The number of rotatable bonds is 4. The van der Waals surface area contributed by atoms with E-state index in [0.717, 1.165) is 15.8 Å². The van der Waals surface area contributed by atoms with Crippen molar-refractivity contribution < 1.29 is 4.79 Å². The van der Waals surface area contributed by atoms with Gasteiger partial charge in [-0.25, -0.2) is 0 Å². The lowest BCUT2D eigenvalue weighted by Gasteiger charge is -2.05. The summed E-state index contributed by atoms with van der Waals surface area (Å²) in [6, 6.07) is 9.29. The van der Waals surface area contributed by atoms with E-state index in [1.165, 1.54) is 0 Å². The van der Waals surface area contributed by atoms with E-state index in [9.17, 15) is 4.79 Å². The number of anilines is 1. The molecule has 1 aromatic carbocycles. The van der Waals surface area contributed by atoms with Gasteiger partial charge in [0.1, 0.15) is 0 Å². The smallest absolute Gasteiger partial charge is 0.257 e. The van der Waals surface area contributed by atoms with Crippen molar-refractivity contribution in [1.29, 1.82) is 0 Å². The Labute approximate surface area is 125 Å². The zero-order valence-corrected chi connectivity index (χ0v) is 12.9. The van der Waals surface area contributed by atoms with Crippen molar-refractivity contribution in [2.75, 3.05) is 19.4 Å². The molecule has 1 aromatic heterocycles. The molecule has 2 rings (SSSR count). The lowest BCUT2D eigenvalue weighted by Crippen LogP contribution is -2.13. The molecule has 2 aromatic rings. The fourth-order valence-corrected chi connectivity index (χ4v) is 2.31. The van der Waals surface area contributed by atoms with Crippen LogP contribution in [0.4, 0.5) is 5.82 Å². The molecule has 0 atom stereocenters. The maximum atomic E-state index is 12.1. The first-order valence-corrected chi connectivity index (χ1v) is 6.89. The Morgan fingerprint density at radius 1 is 1.42 bits per heavy atom. The highest BCUT2D eigenvalue weighted by molar-refractivity contribution is 14.1. The molecule has 0 spiro atoms. The minimum Gasteiger partial charge on any atom is -0.305 e. The van der Waals surface area contributed by atoms with Crippen LogP contribution in [0.3, 0.4) is 0 Å². The first-order chi connectivity index (χ1) is 9.06. The van der Waals surface area contributed by atoms with Crippen molar-refractivity contribution in [2.45, 2.75) is 6.54 Å². The van der Waals surface area contributed by atoms with Crippen molar-refractivity contribution in [3.63, 3.8) is 0 Å². The molecular weight excluding hydrogens is 355 g/mol. The first-order valence-electron chi connectivity index (χ1n) is 5.81. The van der Waals surface area contributed by atoms with Gasteiger partial charge in [0.25, 0.3) is 5.91 Å². The van der Waals surface area contributed by atoms with E-state index in [2.05, 4.69) is 38.1 Å². The van der Waals surface area contributed by atoms with Crippen LogP contribution in [0.5, 0.6) is 0 Å². The quantitative estimate of drug-likeness (QED) is 0.813. The van der Waals surface area contributed by atoms with Crippen LogP contribution < -0.4 is 5.32 Å². The highest BCUT2D eigenvalue weighted by Gasteiger charge is 2.11. The predicted octanol–water partition coefficient (Wildman–Crippen LogP) is 2.33. The highest BCUT2D eigenvalue weighted by atomic mass is 127. The number of H-pyrrole nitrogens is 1. The molecule has 0 aliphatic rings. The van der Waals surface area contributed by atoms with Crippen LogP contribution in [-0.4, -0.2) is 35.1 Å². The Kier molecular flexibility index (Phi) is 4.54. The molecule has 0 aliphatic heterocycles. The molecule has 2 N–H and O–H groups in total. The van der Waals surface area contributed by atoms with Gasteiger partial charge >= 0.3 is 0 Å². The van der Waals surface area contributed by atoms with E-state index in [1.807, 2.05) is 43.3 Å². The number of hydrogen-bond acceptors (Lipinski definition) is 3. The van der Waals surface area contributed by atoms with E-state index < -0.39 is 0 Å². The first kappa shape index (κ1) is 14.0. The number of nitrogens with one attached hydrogen (secondary N) is 2. The summed E-state index contributed by atoms with van der Waals surface area (Å²) in [6.45, 7) is 0.756. The average Bonchev–Trinajstić information content (AvgIpc) is 2.76. The molecular formula is C13H15IN4O. The molecule has 0 bridgehead atoms. The standard InChI is InChI=1S/C13H15IN4O/c1-18(2)8-9-7-12(17-16-9)15-13(19)10-5-3-4-6-11(10)14/h3-7H,8H2,1-2H3,(H2,15,16,17,19). The Morgan fingerprint density at radius 2 is 2.16 bits per heavy atom. The molecule has 5 nitrogen and oxygen atoms in total. The molecule has 19 heavy (non-hydrogen) atoms. The topological polar surface area (TPSA) is 61.0 Å². The lowest BCUT2D eigenvalue weighted by atomic mass is 10.2. The van der Waals surface area contributed by atoms with Crippen LogP contribution in [0.15, 0.2) is 30.3 Å². The van der Waals surface area contributed by atoms with E-state index >= 15 is 0 Å². The van der Waals surface area contributed by atoms with E-state index in [1.54, 1.807) is 6.07 Å². The molecule has 0 saturated heterocycles. The van der Waals surface area contributed by atoms with Crippen LogP contribution in [0, 0.1) is 3.57 Å². The summed E-state index contributed by atoms with van der Waals surface area (Å²) in [5, 5.41) is 9.77. The minimum absolute atomic E-state index is 0.145. The number of nitrogens with zero attached hydrogens (tertiary/aromatic N) is 2. The molecule has 0 fully saturated rings. The summed E-state index contributed by atoms with van der Waals surface area (Å²) in [4.78, 5) is 14.1. The molecule has 6 heteroatoms. The maximum Gasteiger partial charge on any atom is 0.257 e. The SMILES string of the molecule is CN(C)Cc1cc(NC(=O)c2ccccc2I)n[nH]1. The lowest BCUT2D eigenvalue weighted by molar-refractivity contribution is 0.102.